The van der Waals surface area contributed by atoms with Crippen LogP contribution in [0.25, 0.3) is 0 Å². The molecule has 1 atom stereocenters. The fourth-order valence-electron chi connectivity index (χ4n) is 1.78. The number of β-lactam (4-membered cyclic amide) rings is 1. The number of benzene rings is 1. The van der Waals surface area contributed by atoms with Crippen LogP contribution in [-0.2, 0) is 20.9 Å². The fraction of sp³-hybridized carbons (Fsp3) is 0.308. The number of nitrogens with one attached hydrogen (secondary N) is 1. The number of esters is 1. The van der Waals surface area contributed by atoms with Crippen LogP contribution < -0.4 is 5.32 Å². The zero-order valence-electron chi connectivity index (χ0n) is 10.5. The van der Waals surface area contributed by atoms with E-state index in [9.17, 15) is 14.4 Å². The largest absolute Gasteiger partial charge is 0.441 e. The number of likely N-dealkylation sites (tertiary alicyclic amines) is 1. The average molecular weight is 262 g/mol. The summed E-state index contributed by atoms with van der Waals surface area (Å²) in [5.41, 5.74) is 0.924. The lowest BCUT2D eigenvalue weighted by atomic mass is 10.2. The molecule has 6 nitrogen and oxygen atoms in total. The van der Waals surface area contributed by atoms with Gasteiger partial charge in [0.1, 0.15) is 0 Å². The summed E-state index contributed by atoms with van der Waals surface area (Å²) in [6.45, 7) is 1.55. The number of amides is 3. The van der Waals surface area contributed by atoms with Crippen molar-refractivity contribution in [1.29, 1.82) is 0 Å². The van der Waals surface area contributed by atoms with Gasteiger partial charge in [-0.3, -0.25) is 9.59 Å². The molecule has 0 bridgehead atoms. The Hall–Kier alpha value is -2.37. The van der Waals surface area contributed by atoms with Gasteiger partial charge in [0.2, 0.25) is 5.91 Å². The predicted molar refractivity (Wildman–Crippen MR) is 65.7 cm³/mol. The molecule has 1 heterocycles. The van der Waals surface area contributed by atoms with E-state index in [0.717, 1.165) is 10.5 Å². The third kappa shape index (κ3) is 3.09. The number of nitrogens with zero attached hydrogens (tertiary/aromatic N) is 1. The van der Waals surface area contributed by atoms with Crippen molar-refractivity contribution in [3.05, 3.63) is 35.9 Å². The first-order chi connectivity index (χ1) is 9.08. The molecule has 0 aromatic heterocycles. The predicted octanol–water partition coefficient (Wildman–Crippen LogP) is 1.02. The Kier molecular flexibility index (Phi) is 3.79. The number of carbonyl (C=O) groups is 3. The van der Waals surface area contributed by atoms with E-state index in [1.165, 1.54) is 6.92 Å². The Morgan fingerprint density at radius 2 is 2.05 bits per heavy atom. The van der Waals surface area contributed by atoms with E-state index in [1.807, 2.05) is 30.3 Å². The molecule has 3 amide bonds. The van der Waals surface area contributed by atoms with Gasteiger partial charge >= 0.3 is 12.0 Å². The summed E-state index contributed by atoms with van der Waals surface area (Å²) in [6, 6.07) is 8.77. The lowest BCUT2D eigenvalue weighted by molar-refractivity contribution is -0.174. The van der Waals surface area contributed by atoms with Crippen LogP contribution in [-0.4, -0.2) is 29.0 Å². The minimum absolute atomic E-state index is 0.0539. The molecule has 0 aliphatic carbocycles. The van der Waals surface area contributed by atoms with Crippen molar-refractivity contribution in [3.8, 4) is 0 Å². The highest BCUT2D eigenvalue weighted by molar-refractivity contribution is 5.99. The maximum absolute atomic E-state index is 11.8. The first-order valence-electron chi connectivity index (χ1n) is 5.89. The number of urea groups is 1. The standard InChI is InChI=1S/C13H14N2O4/c1-9(16)19-12-7-11(17)15(12)13(18)14-8-10-5-3-2-4-6-10/h2-6,12H,7-8H2,1H3,(H,14,18)/t12-/m1/s1. The Bertz CT molecular complexity index is 501. The van der Waals surface area contributed by atoms with Gasteiger partial charge in [0.25, 0.3) is 0 Å². The third-order valence-corrected chi connectivity index (χ3v) is 2.71. The Morgan fingerprint density at radius 1 is 1.37 bits per heavy atom. The highest BCUT2D eigenvalue weighted by Gasteiger charge is 2.43. The van der Waals surface area contributed by atoms with E-state index in [1.54, 1.807) is 0 Å². The van der Waals surface area contributed by atoms with Gasteiger partial charge in [-0.15, -0.1) is 0 Å². The van der Waals surface area contributed by atoms with Crippen molar-refractivity contribution in [1.82, 2.24) is 10.2 Å². The molecule has 0 radical (unpaired) electrons. The van der Waals surface area contributed by atoms with Crippen LogP contribution >= 0.6 is 0 Å². The lowest BCUT2D eigenvalue weighted by Crippen LogP contribution is -2.60. The molecule has 1 fully saturated rings. The third-order valence-electron chi connectivity index (χ3n) is 2.71. The molecule has 1 aromatic carbocycles. The second-order valence-corrected chi connectivity index (χ2v) is 4.18. The lowest BCUT2D eigenvalue weighted by Gasteiger charge is -2.36. The minimum Gasteiger partial charge on any atom is -0.441 e. The van der Waals surface area contributed by atoms with Gasteiger partial charge < -0.3 is 10.1 Å². The van der Waals surface area contributed by atoms with Crippen molar-refractivity contribution in [2.45, 2.75) is 26.1 Å². The van der Waals surface area contributed by atoms with Crippen LogP contribution in [0.2, 0.25) is 0 Å². The van der Waals surface area contributed by atoms with Gasteiger partial charge in [0, 0.05) is 13.5 Å². The van der Waals surface area contributed by atoms with Crippen LogP contribution in [0.3, 0.4) is 0 Å². The van der Waals surface area contributed by atoms with Crippen LogP contribution in [0, 0.1) is 0 Å². The maximum atomic E-state index is 11.8. The summed E-state index contributed by atoms with van der Waals surface area (Å²) in [5.74, 6) is -0.866. The van der Waals surface area contributed by atoms with Crippen molar-refractivity contribution >= 4 is 17.9 Å². The van der Waals surface area contributed by atoms with E-state index in [0.29, 0.717) is 6.54 Å². The molecule has 0 spiro atoms. The summed E-state index contributed by atoms with van der Waals surface area (Å²) in [5, 5.41) is 2.61. The summed E-state index contributed by atoms with van der Waals surface area (Å²) >= 11 is 0. The van der Waals surface area contributed by atoms with Crippen molar-refractivity contribution < 1.29 is 19.1 Å². The normalized spacial score (nSPS) is 17.6. The summed E-state index contributed by atoms with van der Waals surface area (Å²) in [6.07, 6.45) is -0.723. The molecule has 1 N–H and O–H groups in total. The number of ether oxygens (including phenoxy) is 1. The number of imide groups is 1. The van der Waals surface area contributed by atoms with E-state index in [2.05, 4.69) is 5.32 Å². The number of carbonyl (C=O) groups excluding carboxylic acids is 3. The minimum atomic E-state index is -0.777. The summed E-state index contributed by atoms with van der Waals surface area (Å²) in [4.78, 5) is 34.9. The second kappa shape index (κ2) is 5.51. The molecule has 100 valence electrons. The molecule has 0 unspecified atom stereocenters. The van der Waals surface area contributed by atoms with Gasteiger partial charge in [-0.2, -0.15) is 0 Å². The van der Waals surface area contributed by atoms with Crippen molar-refractivity contribution in [3.63, 3.8) is 0 Å². The highest BCUT2D eigenvalue weighted by atomic mass is 16.6. The van der Waals surface area contributed by atoms with E-state index in [4.69, 9.17) is 4.74 Å². The van der Waals surface area contributed by atoms with Gasteiger partial charge in [-0.05, 0) is 5.56 Å². The molecule has 6 heteroatoms. The quantitative estimate of drug-likeness (QED) is 0.651. The molecule has 1 aliphatic heterocycles. The second-order valence-electron chi connectivity index (χ2n) is 4.18. The topological polar surface area (TPSA) is 75.7 Å². The van der Waals surface area contributed by atoms with Crippen LogP contribution in [0.15, 0.2) is 30.3 Å². The van der Waals surface area contributed by atoms with Crippen LogP contribution in [0.4, 0.5) is 4.79 Å². The van der Waals surface area contributed by atoms with Gasteiger partial charge in [0.05, 0.1) is 6.42 Å². The van der Waals surface area contributed by atoms with Crippen molar-refractivity contribution in [2.75, 3.05) is 0 Å². The first-order valence-corrected chi connectivity index (χ1v) is 5.89. The molecule has 2 rings (SSSR count). The monoisotopic (exact) mass is 262 g/mol. The molecule has 0 saturated carbocycles. The number of hydrogen-bond acceptors (Lipinski definition) is 4. The highest BCUT2D eigenvalue weighted by Crippen LogP contribution is 2.20. The molecule has 1 aliphatic rings. The summed E-state index contributed by atoms with van der Waals surface area (Å²) < 4.78 is 4.85. The smallest absolute Gasteiger partial charge is 0.327 e. The first kappa shape index (κ1) is 13.1. The number of rotatable bonds is 3. The average Bonchev–Trinajstić information content (AvgIpc) is 2.36. The zero-order valence-corrected chi connectivity index (χ0v) is 10.5. The molecule has 19 heavy (non-hydrogen) atoms. The Morgan fingerprint density at radius 3 is 2.63 bits per heavy atom. The van der Waals surface area contributed by atoms with Crippen LogP contribution in [0.1, 0.15) is 18.9 Å². The van der Waals surface area contributed by atoms with E-state index < -0.39 is 18.2 Å². The molecule has 1 saturated heterocycles. The maximum Gasteiger partial charge on any atom is 0.327 e. The van der Waals surface area contributed by atoms with E-state index >= 15 is 0 Å². The number of hydrogen-bond donors (Lipinski definition) is 1. The van der Waals surface area contributed by atoms with Crippen molar-refractivity contribution in [2.24, 2.45) is 0 Å². The Labute approximate surface area is 110 Å². The van der Waals surface area contributed by atoms with E-state index in [-0.39, 0.29) is 12.3 Å². The molecular formula is C13H14N2O4. The van der Waals surface area contributed by atoms with Gasteiger partial charge in [-0.25, -0.2) is 9.69 Å². The fourth-order valence-corrected chi connectivity index (χ4v) is 1.78. The zero-order chi connectivity index (χ0) is 13.8. The Balaban J connectivity index is 1.88. The van der Waals surface area contributed by atoms with Crippen LogP contribution in [0.5, 0.6) is 0 Å². The van der Waals surface area contributed by atoms with Gasteiger partial charge in [-0.1, -0.05) is 30.3 Å². The molecular weight excluding hydrogens is 248 g/mol. The molecule has 1 aromatic rings. The van der Waals surface area contributed by atoms with Gasteiger partial charge in [0.15, 0.2) is 6.23 Å². The SMILES string of the molecule is CC(=O)O[C@@H]1CC(=O)N1C(=O)NCc1ccccc1. The summed E-state index contributed by atoms with van der Waals surface area (Å²) in [7, 11) is 0.